The van der Waals surface area contributed by atoms with E-state index in [0.717, 1.165) is 26.1 Å². The molecule has 0 radical (unpaired) electrons. The molecule has 1 aliphatic heterocycles. The summed E-state index contributed by atoms with van der Waals surface area (Å²) in [6.07, 6.45) is 2.67. The van der Waals surface area contributed by atoms with Crippen molar-refractivity contribution in [2.45, 2.75) is 18.9 Å². The van der Waals surface area contributed by atoms with E-state index in [0.29, 0.717) is 24.0 Å². The van der Waals surface area contributed by atoms with Crippen LogP contribution in [0, 0.1) is 11.3 Å². The van der Waals surface area contributed by atoms with Crippen molar-refractivity contribution < 1.29 is 9.47 Å². The Morgan fingerprint density at radius 1 is 1.44 bits per heavy atom. The van der Waals surface area contributed by atoms with E-state index in [4.69, 9.17) is 14.7 Å². The van der Waals surface area contributed by atoms with Crippen molar-refractivity contribution in [1.29, 1.82) is 5.26 Å². The molecule has 0 saturated carbocycles. The molecule has 4 nitrogen and oxygen atoms in total. The van der Waals surface area contributed by atoms with Crippen molar-refractivity contribution in [1.82, 2.24) is 5.32 Å². The third kappa shape index (κ3) is 3.73. The fourth-order valence-corrected chi connectivity index (χ4v) is 1.99. The number of para-hydroxylation sites is 1. The SMILES string of the molecule is N#Cc1ccccc1OCCNC[C@H]1CCCO1. The number of hydrogen-bond donors (Lipinski definition) is 1. The van der Waals surface area contributed by atoms with Gasteiger partial charge in [-0.05, 0) is 25.0 Å². The summed E-state index contributed by atoms with van der Waals surface area (Å²) in [5.41, 5.74) is 0.580. The average molecular weight is 246 g/mol. The van der Waals surface area contributed by atoms with Crippen molar-refractivity contribution in [3.63, 3.8) is 0 Å². The Kier molecular flexibility index (Phi) is 5.00. The number of hydrogen-bond acceptors (Lipinski definition) is 4. The monoisotopic (exact) mass is 246 g/mol. The lowest BCUT2D eigenvalue weighted by Gasteiger charge is -2.11. The highest BCUT2D eigenvalue weighted by Gasteiger charge is 2.14. The van der Waals surface area contributed by atoms with E-state index in [-0.39, 0.29) is 0 Å². The van der Waals surface area contributed by atoms with Crippen LogP contribution in [0.1, 0.15) is 18.4 Å². The van der Waals surface area contributed by atoms with Crippen LogP contribution in [-0.2, 0) is 4.74 Å². The maximum atomic E-state index is 8.90. The molecule has 96 valence electrons. The summed E-state index contributed by atoms with van der Waals surface area (Å²) in [4.78, 5) is 0. The van der Waals surface area contributed by atoms with E-state index in [2.05, 4.69) is 11.4 Å². The first kappa shape index (κ1) is 12.9. The summed E-state index contributed by atoms with van der Waals surface area (Å²) in [6, 6.07) is 9.40. The van der Waals surface area contributed by atoms with Crippen LogP contribution >= 0.6 is 0 Å². The molecule has 1 atom stereocenters. The second kappa shape index (κ2) is 7.00. The zero-order valence-electron chi connectivity index (χ0n) is 10.4. The minimum Gasteiger partial charge on any atom is -0.491 e. The van der Waals surface area contributed by atoms with E-state index in [1.807, 2.05) is 18.2 Å². The van der Waals surface area contributed by atoms with E-state index < -0.39 is 0 Å². The van der Waals surface area contributed by atoms with E-state index in [9.17, 15) is 0 Å². The largest absolute Gasteiger partial charge is 0.491 e. The predicted octanol–water partition coefficient (Wildman–Crippen LogP) is 1.71. The second-order valence-electron chi connectivity index (χ2n) is 4.30. The highest BCUT2D eigenvalue weighted by Crippen LogP contribution is 2.16. The molecule has 0 unspecified atom stereocenters. The van der Waals surface area contributed by atoms with Gasteiger partial charge >= 0.3 is 0 Å². The molecule has 18 heavy (non-hydrogen) atoms. The number of nitriles is 1. The number of nitrogens with zero attached hydrogens (tertiary/aromatic N) is 1. The lowest BCUT2D eigenvalue weighted by Crippen LogP contribution is -2.29. The Hall–Kier alpha value is -1.57. The summed E-state index contributed by atoms with van der Waals surface area (Å²) in [5.74, 6) is 0.652. The molecule has 1 aliphatic rings. The standard InChI is InChI=1S/C14H18N2O2/c15-10-12-4-1-2-6-14(12)18-9-7-16-11-13-5-3-8-17-13/h1-2,4,6,13,16H,3,5,7-9,11H2/t13-/m1/s1. The first-order valence-corrected chi connectivity index (χ1v) is 6.34. The molecule has 0 bridgehead atoms. The van der Waals surface area contributed by atoms with Crippen LogP contribution in [0.4, 0.5) is 0 Å². The van der Waals surface area contributed by atoms with Crippen molar-refractivity contribution in [3.8, 4) is 11.8 Å². The third-order valence-electron chi connectivity index (χ3n) is 2.94. The zero-order chi connectivity index (χ0) is 12.6. The van der Waals surface area contributed by atoms with Gasteiger partial charge in [-0.1, -0.05) is 12.1 Å². The van der Waals surface area contributed by atoms with Gasteiger partial charge in [0.15, 0.2) is 0 Å². The smallest absolute Gasteiger partial charge is 0.137 e. The van der Waals surface area contributed by atoms with E-state index in [1.165, 1.54) is 6.42 Å². The Labute approximate surface area is 108 Å². The molecule has 2 rings (SSSR count). The van der Waals surface area contributed by atoms with Crippen LogP contribution in [-0.4, -0.2) is 32.4 Å². The molecule has 0 aliphatic carbocycles. The molecule has 0 aromatic heterocycles. The Morgan fingerprint density at radius 3 is 3.11 bits per heavy atom. The van der Waals surface area contributed by atoms with Crippen LogP contribution in [0.15, 0.2) is 24.3 Å². The predicted molar refractivity (Wildman–Crippen MR) is 68.5 cm³/mol. The van der Waals surface area contributed by atoms with Crippen molar-refractivity contribution in [2.24, 2.45) is 0 Å². The lowest BCUT2D eigenvalue weighted by molar-refractivity contribution is 0.109. The van der Waals surface area contributed by atoms with Crippen molar-refractivity contribution in [3.05, 3.63) is 29.8 Å². The van der Waals surface area contributed by atoms with Crippen LogP contribution in [0.3, 0.4) is 0 Å². The number of ether oxygens (including phenoxy) is 2. The van der Waals surface area contributed by atoms with Gasteiger partial charge in [-0.15, -0.1) is 0 Å². The quantitative estimate of drug-likeness (QED) is 0.776. The minimum absolute atomic E-state index is 0.358. The van der Waals surface area contributed by atoms with Crippen molar-refractivity contribution >= 4 is 0 Å². The zero-order valence-corrected chi connectivity index (χ0v) is 10.4. The third-order valence-corrected chi connectivity index (χ3v) is 2.94. The van der Waals surface area contributed by atoms with E-state index in [1.54, 1.807) is 6.07 Å². The molecule has 4 heteroatoms. The Bertz CT molecular complexity index is 409. The Balaban J connectivity index is 1.64. The fourth-order valence-electron chi connectivity index (χ4n) is 1.99. The molecular formula is C14H18N2O2. The maximum absolute atomic E-state index is 8.90. The summed E-state index contributed by atoms with van der Waals surface area (Å²) >= 11 is 0. The van der Waals surface area contributed by atoms with E-state index >= 15 is 0 Å². The molecule has 1 aromatic rings. The molecule has 1 aromatic carbocycles. The van der Waals surface area contributed by atoms with Crippen LogP contribution < -0.4 is 10.1 Å². The molecule has 1 fully saturated rings. The lowest BCUT2D eigenvalue weighted by atomic mass is 10.2. The Morgan fingerprint density at radius 2 is 2.33 bits per heavy atom. The highest BCUT2D eigenvalue weighted by molar-refractivity contribution is 5.42. The van der Waals surface area contributed by atoms with Gasteiger partial charge in [-0.3, -0.25) is 0 Å². The number of rotatable bonds is 6. The van der Waals surface area contributed by atoms with Gasteiger partial charge in [0.2, 0.25) is 0 Å². The number of nitrogens with one attached hydrogen (secondary N) is 1. The molecule has 1 saturated heterocycles. The van der Waals surface area contributed by atoms with Gasteiger partial charge in [-0.25, -0.2) is 0 Å². The van der Waals surface area contributed by atoms with Crippen molar-refractivity contribution in [2.75, 3.05) is 26.3 Å². The molecule has 0 spiro atoms. The van der Waals surface area contributed by atoms with Gasteiger partial charge in [0, 0.05) is 19.7 Å². The fraction of sp³-hybridized carbons (Fsp3) is 0.500. The minimum atomic E-state index is 0.358. The molecular weight excluding hydrogens is 228 g/mol. The van der Waals surface area contributed by atoms with Crippen LogP contribution in [0.25, 0.3) is 0 Å². The normalized spacial score (nSPS) is 18.5. The first-order chi connectivity index (χ1) is 8.90. The molecule has 1 heterocycles. The van der Waals surface area contributed by atoms with Crippen LogP contribution in [0.5, 0.6) is 5.75 Å². The van der Waals surface area contributed by atoms with Crippen LogP contribution in [0.2, 0.25) is 0 Å². The summed E-state index contributed by atoms with van der Waals surface area (Å²) in [7, 11) is 0. The van der Waals surface area contributed by atoms with Gasteiger partial charge in [0.05, 0.1) is 11.7 Å². The first-order valence-electron chi connectivity index (χ1n) is 6.34. The molecule has 0 amide bonds. The topological polar surface area (TPSA) is 54.3 Å². The van der Waals surface area contributed by atoms with Gasteiger partial charge in [0.25, 0.3) is 0 Å². The maximum Gasteiger partial charge on any atom is 0.137 e. The summed E-state index contributed by atoms with van der Waals surface area (Å²) < 4.78 is 11.1. The summed E-state index contributed by atoms with van der Waals surface area (Å²) in [6.45, 7) is 3.09. The van der Waals surface area contributed by atoms with Gasteiger partial charge in [0.1, 0.15) is 18.4 Å². The van der Waals surface area contributed by atoms with Gasteiger partial charge in [-0.2, -0.15) is 5.26 Å². The average Bonchev–Trinajstić information content (AvgIpc) is 2.92. The van der Waals surface area contributed by atoms with Gasteiger partial charge < -0.3 is 14.8 Å². The summed E-state index contributed by atoms with van der Waals surface area (Å²) in [5, 5.41) is 12.2. The number of benzene rings is 1. The highest BCUT2D eigenvalue weighted by atomic mass is 16.5. The second-order valence-corrected chi connectivity index (χ2v) is 4.30. The molecule has 1 N–H and O–H groups in total.